The average molecular weight is 306 g/mol. The second-order valence-corrected chi connectivity index (χ2v) is 6.06. The summed E-state index contributed by atoms with van der Waals surface area (Å²) in [5.74, 6) is -0.0167. The first-order valence-electron chi connectivity index (χ1n) is 7.92. The summed E-state index contributed by atoms with van der Waals surface area (Å²) >= 11 is 0. The molecule has 22 heavy (non-hydrogen) atoms. The molecular formula is C17H26N2O3. The van der Waals surface area contributed by atoms with Crippen molar-refractivity contribution in [1.29, 1.82) is 0 Å². The molecule has 122 valence electrons. The van der Waals surface area contributed by atoms with E-state index in [0.717, 1.165) is 31.9 Å². The predicted molar refractivity (Wildman–Crippen MR) is 86.8 cm³/mol. The molecule has 1 aliphatic heterocycles. The third kappa shape index (κ3) is 5.00. The van der Waals surface area contributed by atoms with E-state index in [1.165, 1.54) is 5.69 Å². The molecule has 1 aliphatic rings. The number of rotatable bonds is 6. The van der Waals surface area contributed by atoms with Gasteiger partial charge < -0.3 is 20.1 Å². The Morgan fingerprint density at radius 1 is 1.27 bits per heavy atom. The molecule has 2 rings (SSSR count). The molecule has 1 aromatic rings. The Morgan fingerprint density at radius 2 is 1.91 bits per heavy atom. The summed E-state index contributed by atoms with van der Waals surface area (Å²) < 4.78 is 5.35. The van der Waals surface area contributed by atoms with Gasteiger partial charge in [0.2, 0.25) is 5.91 Å². The molecule has 0 bridgehead atoms. The minimum absolute atomic E-state index is 0.0959. The molecule has 1 amide bonds. The number of ether oxygens (including phenoxy) is 1. The third-order valence-electron chi connectivity index (χ3n) is 3.97. The van der Waals surface area contributed by atoms with Crippen molar-refractivity contribution in [2.45, 2.75) is 32.9 Å². The van der Waals surface area contributed by atoms with Crippen LogP contribution in [-0.2, 0) is 16.1 Å². The highest BCUT2D eigenvalue weighted by molar-refractivity contribution is 5.76. The van der Waals surface area contributed by atoms with Crippen molar-refractivity contribution >= 4 is 11.6 Å². The second-order valence-electron chi connectivity index (χ2n) is 6.06. The van der Waals surface area contributed by atoms with Gasteiger partial charge in [0.1, 0.15) is 0 Å². The van der Waals surface area contributed by atoms with E-state index in [9.17, 15) is 9.90 Å². The zero-order valence-corrected chi connectivity index (χ0v) is 13.4. The maximum absolute atomic E-state index is 11.8. The van der Waals surface area contributed by atoms with Crippen molar-refractivity contribution in [3.8, 4) is 0 Å². The molecule has 0 radical (unpaired) electrons. The Bertz CT molecular complexity index is 467. The largest absolute Gasteiger partial charge is 0.392 e. The maximum atomic E-state index is 11.8. The molecule has 0 aromatic heterocycles. The van der Waals surface area contributed by atoms with Gasteiger partial charge >= 0.3 is 0 Å². The molecular weight excluding hydrogens is 280 g/mol. The van der Waals surface area contributed by atoms with E-state index in [2.05, 4.69) is 22.3 Å². The highest BCUT2D eigenvalue weighted by Gasteiger charge is 2.14. The SMILES string of the molecule is CC(C)C(O)CC(=O)NCc1ccc(N2CCOCC2)cc1. The summed E-state index contributed by atoms with van der Waals surface area (Å²) in [6, 6.07) is 8.22. The lowest BCUT2D eigenvalue weighted by Gasteiger charge is -2.28. The molecule has 1 atom stereocenters. The van der Waals surface area contributed by atoms with Crippen LogP contribution in [0.5, 0.6) is 0 Å². The lowest BCUT2D eigenvalue weighted by Crippen LogP contribution is -2.36. The highest BCUT2D eigenvalue weighted by atomic mass is 16.5. The van der Waals surface area contributed by atoms with Crippen molar-refractivity contribution in [1.82, 2.24) is 5.32 Å². The Morgan fingerprint density at radius 3 is 2.50 bits per heavy atom. The van der Waals surface area contributed by atoms with Crippen molar-refractivity contribution in [3.05, 3.63) is 29.8 Å². The van der Waals surface area contributed by atoms with Crippen molar-refractivity contribution < 1.29 is 14.6 Å². The van der Waals surface area contributed by atoms with Gasteiger partial charge in [-0.05, 0) is 23.6 Å². The van der Waals surface area contributed by atoms with Crippen LogP contribution in [0.3, 0.4) is 0 Å². The third-order valence-corrected chi connectivity index (χ3v) is 3.97. The number of benzene rings is 1. The fourth-order valence-corrected chi connectivity index (χ4v) is 2.34. The van der Waals surface area contributed by atoms with Crippen LogP contribution in [0.1, 0.15) is 25.8 Å². The Labute approximate surface area is 132 Å². The number of morpholine rings is 1. The van der Waals surface area contributed by atoms with Crippen molar-refractivity contribution in [3.63, 3.8) is 0 Å². The zero-order valence-electron chi connectivity index (χ0n) is 13.4. The van der Waals surface area contributed by atoms with E-state index in [1.54, 1.807) is 0 Å². The molecule has 1 fully saturated rings. The first-order valence-corrected chi connectivity index (χ1v) is 7.92. The summed E-state index contributed by atoms with van der Waals surface area (Å²) in [6.45, 7) is 7.69. The number of carbonyl (C=O) groups is 1. The predicted octanol–water partition coefficient (Wildman–Crippen LogP) is 1.55. The van der Waals surface area contributed by atoms with Crippen LogP contribution in [0.25, 0.3) is 0 Å². The number of aliphatic hydroxyl groups is 1. The normalized spacial score (nSPS) is 16.6. The van der Waals surface area contributed by atoms with Gasteiger partial charge in [-0.15, -0.1) is 0 Å². The van der Waals surface area contributed by atoms with Crippen molar-refractivity contribution in [2.75, 3.05) is 31.2 Å². The number of aliphatic hydroxyl groups excluding tert-OH is 1. The van der Waals surface area contributed by atoms with Crippen LogP contribution >= 0.6 is 0 Å². The maximum Gasteiger partial charge on any atom is 0.222 e. The molecule has 0 saturated carbocycles. The zero-order chi connectivity index (χ0) is 15.9. The fraction of sp³-hybridized carbons (Fsp3) is 0.588. The molecule has 5 heteroatoms. The fourth-order valence-electron chi connectivity index (χ4n) is 2.34. The van der Waals surface area contributed by atoms with Crippen LogP contribution in [-0.4, -0.2) is 43.4 Å². The van der Waals surface area contributed by atoms with Crippen LogP contribution in [0.4, 0.5) is 5.69 Å². The van der Waals surface area contributed by atoms with Crippen LogP contribution < -0.4 is 10.2 Å². The van der Waals surface area contributed by atoms with Gasteiger partial charge in [0.15, 0.2) is 0 Å². The minimum Gasteiger partial charge on any atom is -0.392 e. The molecule has 1 unspecified atom stereocenters. The number of amides is 1. The topological polar surface area (TPSA) is 61.8 Å². The van der Waals surface area contributed by atoms with Gasteiger partial charge in [-0.2, -0.15) is 0 Å². The summed E-state index contributed by atoms with van der Waals surface area (Å²) in [4.78, 5) is 14.0. The summed E-state index contributed by atoms with van der Waals surface area (Å²) in [7, 11) is 0. The molecule has 1 aromatic carbocycles. The lowest BCUT2D eigenvalue weighted by atomic mass is 10.0. The molecule has 0 aliphatic carbocycles. The van der Waals surface area contributed by atoms with Gasteiger partial charge in [0.05, 0.1) is 25.7 Å². The number of carbonyl (C=O) groups excluding carboxylic acids is 1. The molecule has 1 heterocycles. The van der Waals surface area contributed by atoms with E-state index >= 15 is 0 Å². The number of anilines is 1. The van der Waals surface area contributed by atoms with Crippen LogP contribution in [0.15, 0.2) is 24.3 Å². The number of hydrogen-bond donors (Lipinski definition) is 2. The molecule has 5 nitrogen and oxygen atoms in total. The van der Waals surface area contributed by atoms with Crippen LogP contribution in [0, 0.1) is 5.92 Å². The first kappa shape index (κ1) is 16.8. The molecule has 0 spiro atoms. The van der Waals surface area contributed by atoms with Crippen LogP contribution in [0.2, 0.25) is 0 Å². The quantitative estimate of drug-likeness (QED) is 0.837. The van der Waals surface area contributed by atoms with E-state index in [1.807, 2.05) is 26.0 Å². The molecule has 2 N–H and O–H groups in total. The number of nitrogens with zero attached hydrogens (tertiary/aromatic N) is 1. The second kappa shape index (κ2) is 8.15. The van der Waals surface area contributed by atoms with E-state index in [0.29, 0.717) is 6.54 Å². The standard InChI is InChI=1S/C17H26N2O3/c1-13(2)16(20)11-17(21)18-12-14-3-5-15(6-4-14)19-7-9-22-10-8-19/h3-6,13,16,20H,7-12H2,1-2H3,(H,18,21). The van der Waals surface area contributed by atoms with Gasteiger partial charge in [-0.3, -0.25) is 4.79 Å². The van der Waals surface area contributed by atoms with E-state index < -0.39 is 6.10 Å². The van der Waals surface area contributed by atoms with Gasteiger partial charge in [-0.1, -0.05) is 26.0 Å². The lowest BCUT2D eigenvalue weighted by molar-refractivity contribution is -0.123. The summed E-state index contributed by atoms with van der Waals surface area (Å²) in [5, 5.41) is 12.5. The summed E-state index contributed by atoms with van der Waals surface area (Å²) in [6.07, 6.45) is -0.424. The molecule has 1 saturated heterocycles. The van der Waals surface area contributed by atoms with Crippen molar-refractivity contribution in [2.24, 2.45) is 5.92 Å². The summed E-state index contributed by atoms with van der Waals surface area (Å²) in [5.41, 5.74) is 2.25. The smallest absolute Gasteiger partial charge is 0.222 e. The Hall–Kier alpha value is -1.59. The van der Waals surface area contributed by atoms with Gasteiger partial charge in [0, 0.05) is 25.3 Å². The van der Waals surface area contributed by atoms with Gasteiger partial charge in [-0.25, -0.2) is 0 Å². The van der Waals surface area contributed by atoms with E-state index in [-0.39, 0.29) is 18.2 Å². The van der Waals surface area contributed by atoms with Gasteiger partial charge in [0.25, 0.3) is 0 Å². The van der Waals surface area contributed by atoms with E-state index in [4.69, 9.17) is 4.74 Å². The Balaban J connectivity index is 1.80. The average Bonchev–Trinajstić information content (AvgIpc) is 2.54. The first-order chi connectivity index (χ1) is 10.6. The minimum atomic E-state index is -0.580. The monoisotopic (exact) mass is 306 g/mol. The number of hydrogen-bond acceptors (Lipinski definition) is 4. The highest BCUT2D eigenvalue weighted by Crippen LogP contribution is 2.16. The Kier molecular flexibility index (Phi) is 6.21. The number of nitrogens with one attached hydrogen (secondary N) is 1.